The van der Waals surface area contributed by atoms with Gasteiger partial charge in [-0.2, -0.15) is 0 Å². The van der Waals surface area contributed by atoms with E-state index < -0.39 is 23.5 Å². The molecule has 8 nitrogen and oxygen atoms in total. The number of hydrogen-bond acceptors (Lipinski definition) is 10. The van der Waals surface area contributed by atoms with Crippen LogP contribution in [0.2, 0.25) is 0 Å². The second kappa shape index (κ2) is 7.91. The van der Waals surface area contributed by atoms with Gasteiger partial charge >= 0.3 is 11.9 Å². The van der Waals surface area contributed by atoms with E-state index in [1.807, 2.05) is 0 Å². The molecule has 0 atom stereocenters. The predicted molar refractivity (Wildman–Crippen MR) is 114 cm³/mol. The van der Waals surface area contributed by atoms with Crippen molar-refractivity contribution in [3.63, 3.8) is 0 Å². The number of hydrogen-bond donors (Lipinski definition) is 0. The van der Waals surface area contributed by atoms with Gasteiger partial charge in [0.05, 0.1) is 22.1 Å². The molecule has 1 aliphatic carbocycles. The van der Waals surface area contributed by atoms with E-state index >= 15 is 0 Å². The summed E-state index contributed by atoms with van der Waals surface area (Å²) in [4.78, 5) is 59.2. The molecule has 0 aliphatic heterocycles. The van der Waals surface area contributed by atoms with E-state index in [4.69, 9.17) is 9.47 Å². The Kier molecular flexibility index (Phi) is 4.92. The maximum absolute atomic E-state index is 13.5. The van der Waals surface area contributed by atoms with Crippen molar-refractivity contribution in [2.75, 3.05) is 0 Å². The van der Waals surface area contributed by atoms with Crippen LogP contribution in [0.1, 0.15) is 52.8 Å². The quantitative estimate of drug-likeness (QED) is 0.293. The fourth-order valence-corrected chi connectivity index (χ4v) is 4.32. The zero-order chi connectivity index (χ0) is 22.2. The molecule has 0 bridgehead atoms. The molecule has 0 amide bonds. The van der Waals surface area contributed by atoms with Crippen LogP contribution in [-0.2, 0) is 0 Å². The SMILES string of the molecule is O=C(Oc1cccc2c1C(=O)c1c(OC(=O)c3cscn3)cccc1C2=O)c1cscn1. The second-order valence-electron chi connectivity index (χ2n) is 6.54. The van der Waals surface area contributed by atoms with Gasteiger partial charge < -0.3 is 9.47 Å². The molecule has 0 saturated heterocycles. The minimum Gasteiger partial charge on any atom is -0.421 e. The molecule has 2 aromatic carbocycles. The van der Waals surface area contributed by atoms with Crippen LogP contribution in [0.5, 0.6) is 11.5 Å². The van der Waals surface area contributed by atoms with Crippen LogP contribution in [-0.4, -0.2) is 33.5 Å². The summed E-state index contributed by atoms with van der Waals surface area (Å²) in [6.45, 7) is 0. The highest BCUT2D eigenvalue weighted by atomic mass is 32.1. The molecule has 0 fully saturated rings. The number of rotatable bonds is 4. The lowest BCUT2D eigenvalue weighted by atomic mass is 9.83. The first kappa shape index (κ1) is 19.9. The number of ketones is 2. The van der Waals surface area contributed by atoms with Gasteiger partial charge in [-0.1, -0.05) is 24.3 Å². The van der Waals surface area contributed by atoms with Crippen LogP contribution >= 0.6 is 22.7 Å². The second-order valence-corrected chi connectivity index (χ2v) is 7.98. The molecule has 5 rings (SSSR count). The minimum absolute atomic E-state index is 0.0780. The highest BCUT2D eigenvalue weighted by molar-refractivity contribution is 7.08. The number of thiazole rings is 2. The van der Waals surface area contributed by atoms with Crippen molar-refractivity contribution in [1.29, 1.82) is 0 Å². The van der Waals surface area contributed by atoms with Crippen molar-refractivity contribution in [2.45, 2.75) is 0 Å². The van der Waals surface area contributed by atoms with Crippen LogP contribution in [0.15, 0.2) is 58.2 Å². The lowest BCUT2D eigenvalue weighted by Gasteiger charge is -2.21. The Balaban J connectivity index is 1.56. The van der Waals surface area contributed by atoms with Crippen LogP contribution < -0.4 is 9.47 Å². The zero-order valence-electron chi connectivity index (χ0n) is 15.9. The van der Waals surface area contributed by atoms with Crippen LogP contribution in [0.4, 0.5) is 0 Å². The standard InChI is InChI=1S/C22H10N2O6S2/c25-19-11-3-1-5-15(29-21(27)13-7-31-9-23-13)17(11)20(26)18-12(19)4-2-6-16(18)30-22(28)14-8-32-10-24-14/h1-10H. The number of carbonyl (C=O) groups excluding carboxylic acids is 4. The van der Waals surface area contributed by atoms with E-state index in [0.29, 0.717) is 0 Å². The number of ether oxygens (including phenoxy) is 2. The number of nitrogens with zero attached hydrogens (tertiary/aromatic N) is 2. The normalized spacial score (nSPS) is 12.1. The summed E-state index contributed by atoms with van der Waals surface area (Å²) in [6, 6.07) is 8.83. The maximum atomic E-state index is 13.5. The van der Waals surface area contributed by atoms with Gasteiger partial charge in [0.15, 0.2) is 17.2 Å². The summed E-state index contributed by atoms with van der Waals surface area (Å²) in [5, 5.41) is 3.02. The lowest BCUT2D eigenvalue weighted by molar-refractivity contribution is 0.0720. The summed E-state index contributed by atoms with van der Waals surface area (Å²) in [7, 11) is 0. The Morgan fingerprint density at radius 1 is 0.688 bits per heavy atom. The number of fused-ring (bicyclic) bond motifs is 2. The fraction of sp³-hybridized carbons (Fsp3) is 0. The van der Waals surface area contributed by atoms with E-state index in [0.717, 1.165) is 0 Å². The Bertz CT molecular complexity index is 1290. The van der Waals surface area contributed by atoms with Crippen molar-refractivity contribution in [2.24, 2.45) is 0 Å². The van der Waals surface area contributed by atoms with E-state index in [9.17, 15) is 19.2 Å². The summed E-state index contributed by atoms with van der Waals surface area (Å²) in [5.74, 6) is -2.72. The highest BCUT2D eigenvalue weighted by Crippen LogP contribution is 2.37. The zero-order valence-corrected chi connectivity index (χ0v) is 17.6. The predicted octanol–water partition coefficient (Wildman–Crippen LogP) is 3.81. The average Bonchev–Trinajstić information content (AvgIpc) is 3.52. The van der Waals surface area contributed by atoms with Crippen molar-refractivity contribution in [3.05, 3.63) is 91.8 Å². The monoisotopic (exact) mass is 462 g/mol. The molecule has 0 unspecified atom stereocenters. The van der Waals surface area contributed by atoms with E-state index in [-0.39, 0.29) is 45.1 Å². The Labute approximate surface area is 188 Å². The van der Waals surface area contributed by atoms with E-state index in [1.54, 1.807) is 0 Å². The molecular weight excluding hydrogens is 452 g/mol. The molecule has 0 saturated carbocycles. The Morgan fingerprint density at radius 3 is 1.56 bits per heavy atom. The van der Waals surface area contributed by atoms with Crippen LogP contribution in [0.3, 0.4) is 0 Å². The van der Waals surface area contributed by atoms with Crippen molar-refractivity contribution in [1.82, 2.24) is 9.97 Å². The maximum Gasteiger partial charge on any atom is 0.363 e. The fourth-order valence-electron chi connectivity index (χ4n) is 3.28. The van der Waals surface area contributed by atoms with Gasteiger partial charge in [-0.3, -0.25) is 9.59 Å². The van der Waals surface area contributed by atoms with Gasteiger partial charge in [0, 0.05) is 21.9 Å². The first-order chi connectivity index (χ1) is 15.5. The van der Waals surface area contributed by atoms with Gasteiger partial charge in [0.1, 0.15) is 11.5 Å². The molecule has 2 aromatic heterocycles. The lowest BCUT2D eigenvalue weighted by Crippen LogP contribution is -2.24. The number of benzene rings is 2. The van der Waals surface area contributed by atoms with Crippen molar-refractivity contribution >= 4 is 46.2 Å². The summed E-state index contributed by atoms with van der Waals surface area (Å²) < 4.78 is 10.8. The molecule has 0 spiro atoms. The van der Waals surface area contributed by atoms with Gasteiger partial charge in [0.25, 0.3) is 0 Å². The molecule has 10 heteroatoms. The number of aromatic nitrogens is 2. The first-order valence-corrected chi connectivity index (χ1v) is 11.0. The average molecular weight is 462 g/mol. The van der Waals surface area contributed by atoms with Gasteiger partial charge in [-0.15, -0.1) is 22.7 Å². The Morgan fingerprint density at radius 2 is 1.16 bits per heavy atom. The molecular formula is C22H10N2O6S2. The van der Waals surface area contributed by atoms with E-state index in [2.05, 4.69) is 9.97 Å². The first-order valence-electron chi connectivity index (χ1n) is 9.10. The van der Waals surface area contributed by atoms with Crippen LogP contribution in [0, 0.1) is 0 Å². The largest absolute Gasteiger partial charge is 0.421 e. The van der Waals surface area contributed by atoms with Crippen LogP contribution in [0.25, 0.3) is 0 Å². The van der Waals surface area contributed by atoms with Crippen molar-refractivity contribution in [3.8, 4) is 11.5 Å². The molecule has 32 heavy (non-hydrogen) atoms. The summed E-state index contributed by atoms with van der Waals surface area (Å²) >= 11 is 2.44. The smallest absolute Gasteiger partial charge is 0.363 e. The third-order valence-electron chi connectivity index (χ3n) is 4.68. The summed E-state index contributed by atoms with van der Waals surface area (Å²) in [6.07, 6.45) is 0. The highest BCUT2D eigenvalue weighted by Gasteiger charge is 2.36. The third-order valence-corrected chi connectivity index (χ3v) is 5.86. The van der Waals surface area contributed by atoms with E-state index in [1.165, 1.54) is 80.9 Å². The molecule has 4 aromatic rings. The number of carbonyl (C=O) groups is 4. The minimum atomic E-state index is -0.756. The molecule has 156 valence electrons. The summed E-state index contributed by atoms with van der Waals surface area (Å²) in [5.41, 5.74) is 3.15. The Hall–Kier alpha value is -4.02. The number of esters is 2. The van der Waals surface area contributed by atoms with Crippen molar-refractivity contribution < 1.29 is 28.7 Å². The topological polar surface area (TPSA) is 113 Å². The molecule has 0 N–H and O–H groups in total. The third kappa shape index (κ3) is 3.31. The molecule has 1 aliphatic rings. The van der Waals surface area contributed by atoms with Gasteiger partial charge in [-0.05, 0) is 12.1 Å². The molecule has 0 radical (unpaired) electrons. The van der Waals surface area contributed by atoms with Gasteiger partial charge in [0.2, 0.25) is 5.78 Å². The van der Waals surface area contributed by atoms with Gasteiger partial charge in [-0.25, -0.2) is 19.6 Å². The molecule has 2 heterocycles.